The number of amides is 1. The zero-order chi connectivity index (χ0) is 11.4. The topological polar surface area (TPSA) is 53.7 Å². The fourth-order valence-electron chi connectivity index (χ4n) is 1.32. The molecule has 0 aliphatic carbocycles. The molecule has 1 unspecified atom stereocenters. The SMILES string of the molecule is CCc1occc1C(=O)N(C)C(C)CO. The molecule has 0 fully saturated rings. The maximum atomic E-state index is 11.9. The van der Waals surface area contributed by atoms with Crippen molar-refractivity contribution in [2.45, 2.75) is 26.3 Å². The third kappa shape index (κ3) is 2.39. The van der Waals surface area contributed by atoms with Crippen LogP contribution in [0.25, 0.3) is 0 Å². The average molecular weight is 211 g/mol. The Morgan fingerprint density at radius 2 is 2.33 bits per heavy atom. The van der Waals surface area contributed by atoms with Gasteiger partial charge >= 0.3 is 0 Å². The first-order valence-corrected chi connectivity index (χ1v) is 5.06. The Morgan fingerprint density at radius 1 is 1.67 bits per heavy atom. The van der Waals surface area contributed by atoms with E-state index in [0.717, 1.165) is 0 Å². The quantitative estimate of drug-likeness (QED) is 0.816. The van der Waals surface area contributed by atoms with Gasteiger partial charge < -0.3 is 14.4 Å². The molecule has 84 valence electrons. The molecule has 1 amide bonds. The molecule has 1 rings (SSSR count). The molecule has 0 radical (unpaired) electrons. The molecule has 1 heterocycles. The fourth-order valence-corrected chi connectivity index (χ4v) is 1.32. The molecule has 1 atom stereocenters. The second-order valence-electron chi connectivity index (χ2n) is 3.56. The van der Waals surface area contributed by atoms with Crippen LogP contribution in [-0.2, 0) is 6.42 Å². The summed E-state index contributed by atoms with van der Waals surface area (Å²) in [5, 5.41) is 8.96. The van der Waals surface area contributed by atoms with Gasteiger partial charge in [-0.25, -0.2) is 0 Å². The van der Waals surface area contributed by atoms with E-state index in [-0.39, 0.29) is 18.6 Å². The highest BCUT2D eigenvalue weighted by atomic mass is 16.3. The molecule has 1 aromatic rings. The second kappa shape index (κ2) is 4.98. The molecule has 4 heteroatoms. The number of carbonyl (C=O) groups excluding carboxylic acids is 1. The van der Waals surface area contributed by atoms with Crippen molar-refractivity contribution in [1.82, 2.24) is 4.90 Å². The zero-order valence-electron chi connectivity index (χ0n) is 9.36. The molecule has 15 heavy (non-hydrogen) atoms. The first kappa shape index (κ1) is 11.8. The van der Waals surface area contributed by atoms with Crippen LogP contribution in [-0.4, -0.2) is 35.6 Å². The summed E-state index contributed by atoms with van der Waals surface area (Å²) >= 11 is 0. The van der Waals surface area contributed by atoms with Crippen molar-refractivity contribution in [3.8, 4) is 0 Å². The van der Waals surface area contributed by atoms with Crippen LogP contribution in [0.3, 0.4) is 0 Å². The molecule has 0 aliphatic heterocycles. The number of hydrogen-bond acceptors (Lipinski definition) is 3. The minimum atomic E-state index is -0.183. The molecule has 0 bridgehead atoms. The van der Waals surface area contributed by atoms with Gasteiger partial charge in [0.05, 0.1) is 24.5 Å². The smallest absolute Gasteiger partial charge is 0.257 e. The fraction of sp³-hybridized carbons (Fsp3) is 0.545. The molecule has 4 nitrogen and oxygen atoms in total. The molecule has 1 aromatic heterocycles. The molecule has 0 saturated carbocycles. The predicted octanol–water partition coefficient (Wildman–Crippen LogP) is 1.29. The number of likely N-dealkylation sites (N-methyl/N-ethyl adjacent to an activating group) is 1. The third-order valence-corrected chi connectivity index (χ3v) is 2.54. The maximum absolute atomic E-state index is 11.9. The molecular weight excluding hydrogens is 194 g/mol. The van der Waals surface area contributed by atoms with Crippen LogP contribution in [0, 0.1) is 0 Å². The van der Waals surface area contributed by atoms with E-state index in [9.17, 15) is 4.79 Å². The van der Waals surface area contributed by atoms with Crippen molar-refractivity contribution in [2.24, 2.45) is 0 Å². The van der Waals surface area contributed by atoms with Crippen molar-refractivity contribution in [2.75, 3.05) is 13.7 Å². The minimum absolute atomic E-state index is 0.0401. The predicted molar refractivity (Wildman–Crippen MR) is 56.7 cm³/mol. The van der Waals surface area contributed by atoms with Crippen LogP contribution in [0.2, 0.25) is 0 Å². The van der Waals surface area contributed by atoms with Gasteiger partial charge in [0.25, 0.3) is 5.91 Å². The summed E-state index contributed by atoms with van der Waals surface area (Å²) in [5.41, 5.74) is 0.584. The lowest BCUT2D eigenvalue weighted by atomic mass is 10.1. The highest BCUT2D eigenvalue weighted by molar-refractivity contribution is 5.95. The monoisotopic (exact) mass is 211 g/mol. The Morgan fingerprint density at radius 3 is 2.87 bits per heavy atom. The van der Waals surface area contributed by atoms with Crippen molar-refractivity contribution < 1.29 is 14.3 Å². The lowest BCUT2D eigenvalue weighted by Crippen LogP contribution is -2.37. The largest absolute Gasteiger partial charge is 0.469 e. The van der Waals surface area contributed by atoms with Gasteiger partial charge in [-0.2, -0.15) is 0 Å². The van der Waals surface area contributed by atoms with Gasteiger partial charge in [0.2, 0.25) is 0 Å². The molecule has 0 saturated heterocycles. The van der Waals surface area contributed by atoms with Crippen molar-refractivity contribution in [3.63, 3.8) is 0 Å². The standard InChI is InChI=1S/C11H17NO3/c1-4-10-9(5-6-15-10)11(14)12(3)8(2)7-13/h5-6,8,13H,4,7H2,1-3H3. The van der Waals surface area contributed by atoms with Gasteiger partial charge in [-0.1, -0.05) is 6.92 Å². The second-order valence-corrected chi connectivity index (χ2v) is 3.56. The van der Waals surface area contributed by atoms with E-state index >= 15 is 0 Å². The van der Waals surface area contributed by atoms with Gasteiger partial charge in [-0.15, -0.1) is 0 Å². The van der Waals surface area contributed by atoms with E-state index in [1.54, 1.807) is 20.0 Å². The van der Waals surface area contributed by atoms with Crippen molar-refractivity contribution in [3.05, 3.63) is 23.7 Å². The van der Waals surface area contributed by atoms with Crippen LogP contribution < -0.4 is 0 Å². The normalized spacial score (nSPS) is 12.5. The molecule has 0 spiro atoms. The zero-order valence-corrected chi connectivity index (χ0v) is 9.36. The van der Waals surface area contributed by atoms with Crippen molar-refractivity contribution in [1.29, 1.82) is 0 Å². The lowest BCUT2D eigenvalue weighted by Gasteiger charge is -2.22. The Balaban J connectivity index is 2.84. The lowest BCUT2D eigenvalue weighted by molar-refractivity contribution is 0.0680. The van der Waals surface area contributed by atoms with E-state index in [0.29, 0.717) is 17.7 Å². The highest BCUT2D eigenvalue weighted by Gasteiger charge is 2.20. The van der Waals surface area contributed by atoms with Gasteiger partial charge in [0.15, 0.2) is 0 Å². The summed E-state index contributed by atoms with van der Waals surface area (Å²) in [4.78, 5) is 13.5. The van der Waals surface area contributed by atoms with Crippen LogP contribution in [0.4, 0.5) is 0 Å². The number of rotatable bonds is 4. The van der Waals surface area contributed by atoms with E-state index in [4.69, 9.17) is 9.52 Å². The van der Waals surface area contributed by atoms with Crippen LogP contribution >= 0.6 is 0 Å². The summed E-state index contributed by atoms with van der Waals surface area (Å²) < 4.78 is 5.19. The van der Waals surface area contributed by atoms with Gasteiger partial charge in [-0.05, 0) is 13.0 Å². The van der Waals surface area contributed by atoms with E-state index < -0.39 is 0 Å². The number of nitrogens with zero attached hydrogens (tertiary/aromatic N) is 1. The molecule has 0 aliphatic rings. The van der Waals surface area contributed by atoms with E-state index in [1.807, 2.05) is 6.92 Å². The average Bonchev–Trinajstić information content (AvgIpc) is 2.73. The van der Waals surface area contributed by atoms with Crippen LogP contribution in [0.5, 0.6) is 0 Å². The Labute approximate surface area is 89.5 Å². The molecule has 1 N–H and O–H groups in total. The van der Waals surface area contributed by atoms with Crippen LogP contribution in [0.15, 0.2) is 16.7 Å². The number of furan rings is 1. The first-order chi connectivity index (χ1) is 7.11. The number of aliphatic hydroxyl groups excluding tert-OH is 1. The summed E-state index contributed by atoms with van der Waals surface area (Å²) in [7, 11) is 1.68. The third-order valence-electron chi connectivity index (χ3n) is 2.54. The number of aliphatic hydroxyl groups is 1. The number of hydrogen-bond donors (Lipinski definition) is 1. The summed E-state index contributed by atoms with van der Waals surface area (Å²) in [6.07, 6.45) is 2.21. The Hall–Kier alpha value is -1.29. The minimum Gasteiger partial charge on any atom is -0.469 e. The molecular formula is C11H17NO3. The van der Waals surface area contributed by atoms with Crippen LogP contribution in [0.1, 0.15) is 30.0 Å². The van der Waals surface area contributed by atoms with Gasteiger partial charge in [-0.3, -0.25) is 4.79 Å². The number of carbonyl (C=O) groups is 1. The maximum Gasteiger partial charge on any atom is 0.257 e. The summed E-state index contributed by atoms with van der Waals surface area (Å²) in [6, 6.07) is 1.49. The number of aryl methyl sites for hydroxylation is 1. The first-order valence-electron chi connectivity index (χ1n) is 5.06. The van der Waals surface area contributed by atoms with Crippen molar-refractivity contribution >= 4 is 5.91 Å². The van der Waals surface area contributed by atoms with Gasteiger partial charge in [0.1, 0.15) is 5.76 Å². The van der Waals surface area contributed by atoms with E-state index in [2.05, 4.69) is 0 Å². The summed E-state index contributed by atoms with van der Waals surface area (Å²) in [5.74, 6) is 0.583. The Bertz CT molecular complexity index is 332. The highest BCUT2D eigenvalue weighted by Crippen LogP contribution is 2.14. The summed E-state index contributed by atoms with van der Waals surface area (Å²) in [6.45, 7) is 3.69. The van der Waals surface area contributed by atoms with E-state index in [1.165, 1.54) is 11.2 Å². The molecule has 0 aromatic carbocycles. The van der Waals surface area contributed by atoms with Gasteiger partial charge in [0, 0.05) is 13.5 Å². The Kier molecular flexibility index (Phi) is 3.91.